The van der Waals surface area contributed by atoms with E-state index in [0.717, 1.165) is 11.3 Å². The molecular formula is C20H24N4O6S2. The third kappa shape index (κ3) is 4.80. The van der Waals surface area contributed by atoms with E-state index in [-0.39, 0.29) is 16.4 Å². The van der Waals surface area contributed by atoms with Gasteiger partial charge in [-0.25, -0.2) is 14.6 Å². The standard InChI is InChI=1S/C20H24N4O6S2/c1-6-10(11-8-32-18(21-11)23-19(29)30-20(3,4)5)14(25)22-12-15(26)24-13(17(27)28)9(2)7-31-16(12)24/h6,8,12,16H,7H2,1-5H3,(H,22,25)(H,27,28)(H,21,23,29)/b10-6-/t12?,16-/m1/s1. The van der Waals surface area contributed by atoms with Gasteiger partial charge in [-0.3, -0.25) is 19.8 Å². The smallest absolute Gasteiger partial charge is 0.413 e. The first kappa shape index (κ1) is 23.8. The van der Waals surface area contributed by atoms with Gasteiger partial charge in [-0.15, -0.1) is 23.1 Å². The summed E-state index contributed by atoms with van der Waals surface area (Å²) in [5.41, 5.74) is 0.498. The number of hydrogen-bond donors (Lipinski definition) is 3. The van der Waals surface area contributed by atoms with E-state index in [1.165, 1.54) is 16.7 Å². The third-order valence-corrected chi connectivity index (χ3v) is 6.75. The predicted molar refractivity (Wildman–Crippen MR) is 121 cm³/mol. The molecule has 1 aromatic rings. The van der Waals surface area contributed by atoms with Crippen molar-refractivity contribution < 1.29 is 29.0 Å². The Labute approximate surface area is 193 Å². The number of carbonyl (C=O) groups is 4. The van der Waals surface area contributed by atoms with Crippen molar-refractivity contribution in [2.75, 3.05) is 11.1 Å². The second kappa shape index (κ2) is 8.94. The molecule has 3 N–H and O–H groups in total. The van der Waals surface area contributed by atoms with Gasteiger partial charge in [-0.2, -0.15) is 0 Å². The SMILES string of the molecule is C/C=C(\C(=O)NC1C(=O)N2C(C(=O)O)=C(C)CS[C@H]12)c1csc(NC(=O)OC(C)(C)C)n1. The molecule has 2 aliphatic rings. The van der Waals surface area contributed by atoms with Crippen molar-refractivity contribution in [1.29, 1.82) is 0 Å². The van der Waals surface area contributed by atoms with Gasteiger partial charge in [-0.1, -0.05) is 6.08 Å². The van der Waals surface area contributed by atoms with Gasteiger partial charge in [0.15, 0.2) is 5.13 Å². The minimum Gasteiger partial charge on any atom is -0.477 e. The predicted octanol–water partition coefficient (Wildman–Crippen LogP) is 2.65. The van der Waals surface area contributed by atoms with Crippen LogP contribution < -0.4 is 10.6 Å². The lowest BCUT2D eigenvalue weighted by atomic mass is 10.0. The summed E-state index contributed by atoms with van der Waals surface area (Å²) in [6.45, 7) is 8.56. The molecule has 10 nitrogen and oxygen atoms in total. The molecule has 0 bridgehead atoms. The number of hydrogen-bond acceptors (Lipinski definition) is 8. The van der Waals surface area contributed by atoms with E-state index in [0.29, 0.717) is 17.0 Å². The summed E-state index contributed by atoms with van der Waals surface area (Å²) in [4.78, 5) is 54.4. The van der Waals surface area contributed by atoms with Gasteiger partial charge in [-0.05, 0) is 40.2 Å². The molecule has 0 aliphatic carbocycles. The van der Waals surface area contributed by atoms with Gasteiger partial charge in [0.1, 0.15) is 22.7 Å². The highest BCUT2D eigenvalue weighted by Crippen LogP contribution is 2.40. The maximum absolute atomic E-state index is 12.9. The van der Waals surface area contributed by atoms with E-state index < -0.39 is 40.9 Å². The van der Waals surface area contributed by atoms with Gasteiger partial charge in [0.05, 0.1) is 11.3 Å². The topological polar surface area (TPSA) is 138 Å². The Balaban J connectivity index is 1.67. The summed E-state index contributed by atoms with van der Waals surface area (Å²) in [7, 11) is 0. The van der Waals surface area contributed by atoms with Crippen LogP contribution in [0.2, 0.25) is 0 Å². The number of β-lactam (4-membered cyclic amide) rings is 1. The molecule has 0 spiro atoms. The Kier molecular flexibility index (Phi) is 6.65. The van der Waals surface area contributed by atoms with Crippen LogP contribution in [0.5, 0.6) is 0 Å². The van der Waals surface area contributed by atoms with Crippen LogP contribution in [-0.4, -0.2) is 61.6 Å². The van der Waals surface area contributed by atoms with Crippen LogP contribution in [-0.2, 0) is 19.1 Å². The summed E-state index contributed by atoms with van der Waals surface area (Å²) >= 11 is 2.53. The zero-order valence-corrected chi connectivity index (χ0v) is 19.8. The maximum Gasteiger partial charge on any atom is 0.413 e. The summed E-state index contributed by atoms with van der Waals surface area (Å²) < 4.78 is 5.19. The minimum atomic E-state index is -1.16. The highest BCUT2D eigenvalue weighted by Gasteiger charge is 2.53. The number of amides is 3. The number of carbonyl (C=O) groups excluding carboxylic acids is 3. The van der Waals surface area contributed by atoms with Gasteiger partial charge in [0, 0.05) is 11.1 Å². The Morgan fingerprint density at radius 2 is 2.03 bits per heavy atom. The second-order valence-corrected chi connectivity index (χ2v) is 10.1. The first-order valence-electron chi connectivity index (χ1n) is 9.73. The van der Waals surface area contributed by atoms with E-state index in [2.05, 4.69) is 15.6 Å². The van der Waals surface area contributed by atoms with Crippen LogP contribution in [0.4, 0.5) is 9.93 Å². The van der Waals surface area contributed by atoms with E-state index in [1.54, 1.807) is 46.1 Å². The van der Waals surface area contributed by atoms with Crippen LogP contribution >= 0.6 is 23.1 Å². The van der Waals surface area contributed by atoms with Crippen molar-refractivity contribution in [2.24, 2.45) is 0 Å². The Bertz CT molecular complexity index is 1040. The molecule has 12 heteroatoms. The van der Waals surface area contributed by atoms with E-state index >= 15 is 0 Å². The number of fused-ring (bicyclic) bond motifs is 1. The van der Waals surface area contributed by atoms with Crippen LogP contribution in [0, 0.1) is 0 Å². The largest absolute Gasteiger partial charge is 0.477 e. The highest BCUT2D eigenvalue weighted by atomic mass is 32.2. The van der Waals surface area contributed by atoms with E-state index in [4.69, 9.17) is 4.74 Å². The number of ether oxygens (including phenoxy) is 1. The van der Waals surface area contributed by atoms with Crippen molar-refractivity contribution >= 4 is 57.7 Å². The Morgan fingerprint density at radius 3 is 2.62 bits per heavy atom. The van der Waals surface area contributed by atoms with Gasteiger partial charge in [0.2, 0.25) is 0 Å². The first-order valence-corrected chi connectivity index (χ1v) is 11.7. The molecule has 3 heterocycles. The number of carboxylic acid groups (broad SMARTS) is 1. The zero-order chi connectivity index (χ0) is 23.8. The molecule has 2 atom stereocenters. The number of aromatic nitrogens is 1. The van der Waals surface area contributed by atoms with E-state index in [9.17, 15) is 24.3 Å². The van der Waals surface area contributed by atoms with Gasteiger partial charge in [0.25, 0.3) is 11.8 Å². The molecule has 1 saturated heterocycles. The van der Waals surface area contributed by atoms with Crippen LogP contribution in [0.3, 0.4) is 0 Å². The van der Waals surface area contributed by atoms with Gasteiger partial charge >= 0.3 is 12.1 Å². The second-order valence-electron chi connectivity index (χ2n) is 8.16. The normalized spacial score (nSPS) is 21.0. The first-order chi connectivity index (χ1) is 14.9. The summed E-state index contributed by atoms with van der Waals surface area (Å²) in [5, 5.41) is 16.0. The third-order valence-electron chi connectivity index (χ3n) is 4.57. The molecule has 2 aliphatic heterocycles. The number of nitrogens with one attached hydrogen (secondary N) is 2. The van der Waals surface area contributed by atoms with Crippen molar-refractivity contribution in [1.82, 2.24) is 15.2 Å². The van der Waals surface area contributed by atoms with Crippen molar-refractivity contribution in [2.45, 2.75) is 51.6 Å². The number of rotatable bonds is 5. The number of anilines is 1. The monoisotopic (exact) mass is 480 g/mol. The van der Waals surface area contributed by atoms with Crippen molar-refractivity contribution in [3.63, 3.8) is 0 Å². The van der Waals surface area contributed by atoms with Crippen molar-refractivity contribution in [3.8, 4) is 0 Å². The fraction of sp³-hybridized carbons (Fsp3) is 0.450. The Morgan fingerprint density at radius 1 is 1.34 bits per heavy atom. The lowest BCUT2D eigenvalue weighted by molar-refractivity contribution is -0.150. The summed E-state index contributed by atoms with van der Waals surface area (Å²) in [6.07, 6.45) is 0.903. The number of allylic oxidation sites excluding steroid dienone is 1. The molecule has 0 radical (unpaired) electrons. The number of nitrogens with zero attached hydrogens (tertiary/aromatic N) is 2. The lowest BCUT2D eigenvalue weighted by Gasteiger charge is -2.49. The van der Waals surface area contributed by atoms with Crippen molar-refractivity contribution in [3.05, 3.63) is 28.4 Å². The van der Waals surface area contributed by atoms with Gasteiger partial charge < -0.3 is 15.2 Å². The molecule has 1 fully saturated rings. The van der Waals surface area contributed by atoms with Crippen LogP contribution in [0.1, 0.15) is 40.3 Å². The molecule has 3 rings (SSSR count). The maximum atomic E-state index is 12.9. The average Bonchev–Trinajstić information content (AvgIpc) is 3.12. The molecule has 32 heavy (non-hydrogen) atoms. The molecule has 1 unspecified atom stereocenters. The summed E-state index contributed by atoms with van der Waals surface area (Å²) in [5.74, 6) is -1.67. The quantitative estimate of drug-likeness (QED) is 0.432. The molecule has 172 valence electrons. The fourth-order valence-electron chi connectivity index (χ4n) is 3.24. The number of thioether (sulfide) groups is 1. The van der Waals surface area contributed by atoms with Crippen LogP contribution in [0.25, 0.3) is 5.57 Å². The average molecular weight is 481 g/mol. The number of thiazole rings is 1. The number of aliphatic carboxylic acids is 1. The zero-order valence-electron chi connectivity index (χ0n) is 18.2. The fourth-order valence-corrected chi connectivity index (χ4v) is 5.22. The lowest BCUT2D eigenvalue weighted by Crippen LogP contribution is -2.70. The molecule has 1 aromatic heterocycles. The molecule has 3 amide bonds. The molecular weight excluding hydrogens is 456 g/mol. The summed E-state index contributed by atoms with van der Waals surface area (Å²) in [6, 6.07) is -0.831. The molecule has 0 aromatic carbocycles. The van der Waals surface area contributed by atoms with E-state index in [1.807, 2.05) is 0 Å². The minimum absolute atomic E-state index is 0.0205. The van der Waals surface area contributed by atoms with Crippen LogP contribution in [0.15, 0.2) is 22.7 Å². The number of carboxylic acids is 1. The highest BCUT2D eigenvalue weighted by molar-refractivity contribution is 8.00. The molecule has 0 saturated carbocycles. The Hall–Kier alpha value is -2.86.